The van der Waals surface area contributed by atoms with Crippen molar-refractivity contribution >= 4 is 33.2 Å². The summed E-state index contributed by atoms with van der Waals surface area (Å²) in [5.74, 6) is 0. The largest absolute Gasteiger partial charge is 0.334 e. The molecule has 0 radical (unpaired) electrons. The van der Waals surface area contributed by atoms with E-state index in [0.717, 1.165) is 17.8 Å². The topological polar surface area (TPSA) is 8.17 Å². The zero-order valence-electron chi connectivity index (χ0n) is 35.4. The monoisotopic (exact) mass is 816 g/mol. The first-order valence-corrected chi connectivity index (χ1v) is 22.5. The minimum absolute atomic E-state index is 0.0758. The van der Waals surface area contributed by atoms with Gasteiger partial charge in [0.1, 0.15) is 0 Å². The fraction of sp³-hybridized carbons (Fsp3) is 0.0645. The second-order valence-electron chi connectivity index (χ2n) is 17.4. The highest BCUT2D eigenvalue weighted by Gasteiger charge is 2.58. The summed E-state index contributed by atoms with van der Waals surface area (Å²) < 4.78 is 2.41. The lowest BCUT2D eigenvalue weighted by atomic mass is 9.51. The Morgan fingerprint density at radius 2 is 1.00 bits per heavy atom. The van der Waals surface area contributed by atoms with Crippen LogP contribution >= 0.6 is 0 Å². The molecule has 9 aromatic carbocycles. The van der Waals surface area contributed by atoms with Crippen LogP contribution in [0.4, 0.5) is 11.4 Å². The average molecular weight is 817 g/mol. The van der Waals surface area contributed by atoms with Crippen molar-refractivity contribution in [1.82, 2.24) is 4.57 Å². The van der Waals surface area contributed by atoms with Crippen molar-refractivity contribution in [2.75, 3.05) is 4.90 Å². The van der Waals surface area contributed by atoms with E-state index in [1.165, 1.54) is 83.1 Å². The molecule has 0 amide bonds. The van der Waals surface area contributed by atoms with Crippen LogP contribution in [0.5, 0.6) is 0 Å². The lowest BCUT2D eigenvalue weighted by Crippen LogP contribution is -2.45. The number of hydrogen-bond donors (Lipinski definition) is 0. The van der Waals surface area contributed by atoms with Gasteiger partial charge in [-0.15, -0.1) is 0 Å². The predicted molar refractivity (Wildman–Crippen MR) is 265 cm³/mol. The Balaban J connectivity index is 1.14. The van der Waals surface area contributed by atoms with Gasteiger partial charge in [0.2, 0.25) is 0 Å². The second kappa shape index (κ2) is 14.3. The van der Waals surface area contributed by atoms with Crippen LogP contribution in [-0.2, 0) is 10.8 Å². The molecule has 0 saturated heterocycles. The van der Waals surface area contributed by atoms with Crippen LogP contribution in [0.3, 0.4) is 0 Å². The van der Waals surface area contributed by atoms with Crippen LogP contribution in [0.1, 0.15) is 50.9 Å². The molecule has 0 N–H and O–H groups in total. The van der Waals surface area contributed by atoms with E-state index in [0.29, 0.717) is 0 Å². The molecule has 0 saturated carbocycles. The minimum Gasteiger partial charge on any atom is -0.334 e. The molecule has 0 bridgehead atoms. The molecule has 302 valence electrons. The van der Waals surface area contributed by atoms with Crippen LogP contribution in [0, 0.1) is 0 Å². The molecule has 0 fully saturated rings. The molecule has 2 nitrogen and oxygen atoms in total. The Hall–Kier alpha value is -7.94. The summed E-state index contributed by atoms with van der Waals surface area (Å²) in [5.41, 5.74) is 17.8. The number of hydrogen-bond acceptors (Lipinski definition) is 1. The average Bonchev–Trinajstić information content (AvgIpc) is 3.87. The summed E-state index contributed by atoms with van der Waals surface area (Å²) in [6, 6.07) is 84.3. The van der Waals surface area contributed by atoms with Crippen molar-refractivity contribution in [3.63, 3.8) is 0 Å². The molecule has 3 aliphatic rings. The number of aromatic nitrogens is 1. The molecule has 0 spiro atoms. The van der Waals surface area contributed by atoms with E-state index in [1.807, 2.05) is 0 Å². The molecule has 1 aromatic heterocycles. The van der Waals surface area contributed by atoms with E-state index in [9.17, 15) is 0 Å². The van der Waals surface area contributed by atoms with Crippen LogP contribution in [0.15, 0.2) is 249 Å². The Morgan fingerprint density at radius 3 is 1.75 bits per heavy atom. The molecule has 0 aliphatic heterocycles. The van der Waals surface area contributed by atoms with Gasteiger partial charge >= 0.3 is 0 Å². The molecule has 10 aromatic rings. The maximum Gasteiger partial charge on any atom is 0.0728 e. The Morgan fingerprint density at radius 1 is 0.422 bits per heavy atom. The van der Waals surface area contributed by atoms with E-state index < -0.39 is 10.8 Å². The highest BCUT2D eigenvalue weighted by atomic mass is 15.2. The van der Waals surface area contributed by atoms with Gasteiger partial charge in [-0.2, -0.15) is 0 Å². The van der Waals surface area contributed by atoms with Gasteiger partial charge < -0.3 is 9.47 Å². The quantitative estimate of drug-likeness (QED) is 0.156. The molecule has 3 atom stereocenters. The highest BCUT2D eigenvalue weighted by Crippen LogP contribution is 2.66. The number of para-hydroxylation sites is 3. The summed E-state index contributed by atoms with van der Waals surface area (Å²) in [5, 5.41) is 2.48. The fourth-order valence-corrected chi connectivity index (χ4v) is 12.1. The zero-order valence-corrected chi connectivity index (χ0v) is 35.4. The van der Waals surface area contributed by atoms with Gasteiger partial charge in [0, 0.05) is 27.8 Å². The molecule has 64 heavy (non-hydrogen) atoms. The third-order valence-electron chi connectivity index (χ3n) is 14.4. The lowest BCUT2D eigenvalue weighted by molar-refractivity contribution is 0.624. The van der Waals surface area contributed by atoms with Gasteiger partial charge in [0.05, 0.1) is 27.9 Å². The third-order valence-corrected chi connectivity index (χ3v) is 14.4. The summed E-state index contributed by atoms with van der Waals surface area (Å²) in [7, 11) is 0. The van der Waals surface area contributed by atoms with E-state index in [4.69, 9.17) is 0 Å². The maximum absolute atomic E-state index is 2.63. The first kappa shape index (κ1) is 36.7. The van der Waals surface area contributed by atoms with Gasteiger partial charge in [-0.3, -0.25) is 0 Å². The normalized spacial score (nSPS) is 19.0. The fourth-order valence-electron chi connectivity index (χ4n) is 12.1. The van der Waals surface area contributed by atoms with E-state index in [-0.39, 0.29) is 6.04 Å². The van der Waals surface area contributed by atoms with Gasteiger partial charge in [0.25, 0.3) is 0 Å². The van der Waals surface area contributed by atoms with E-state index >= 15 is 0 Å². The molecular weight excluding hydrogens is 773 g/mol. The van der Waals surface area contributed by atoms with E-state index in [1.54, 1.807) is 0 Å². The minimum atomic E-state index is -0.694. The Kier molecular flexibility index (Phi) is 8.20. The highest BCUT2D eigenvalue weighted by molar-refractivity contribution is 6.10. The van der Waals surface area contributed by atoms with Gasteiger partial charge in [0.15, 0.2) is 0 Å². The van der Waals surface area contributed by atoms with Crippen molar-refractivity contribution in [2.45, 2.75) is 23.3 Å². The molecule has 3 unspecified atom stereocenters. The Labute approximate surface area is 374 Å². The standard InChI is InChI=1S/C62H44N2/c1-5-22-43(23-6-1)61(53-34-16-17-35-54(53)62(44-24-7-2-8-25-44)52-33-15-13-30-48(52)50-32-21-37-56(61)60(50)62)55-36-18-20-39-59(55)63(45-26-9-3-10-27-45)47-40-41-58-51(42-47)49-31-14-19-38-57(49)64(58)46-28-11-4-12-29-46/h1-26,28-42,45H,27H2. The number of fused-ring (bicyclic) bond motifs is 8. The SMILES string of the molecule is C1=CCC(N(c2ccc3c(c2)c2ccccc2n3-c2ccccc2)c2ccccc2C2(c3ccccc3)c3ccccc3C3(c4ccccc4)c4ccccc4-c4cccc2c43)C=C1. The van der Waals surface area contributed by atoms with Crippen molar-refractivity contribution in [1.29, 1.82) is 0 Å². The predicted octanol–water partition coefficient (Wildman–Crippen LogP) is 14.9. The summed E-state index contributed by atoms with van der Waals surface area (Å²) in [6.45, 7) is 0. The van der Waals surface area contributed by atoms with Gasteiger partial charge in [-0.1, -0.05) is 206 Å². The van der Waals surface area contributed by atoms with Crippen molar-refractivity contribution in [3.8, 4) is 16.8 Å². The number of rotatable bonds is 7. The third kappa shape index (κ3) is 4.97. The molecule has 1 heterocycles. The lowest BCUT2D eigenvalue weighted by Gasteiger charge is -2.50. The van der Waals surface area contributed by atoms with Gasteiger partial charge in [-0.05, 0) is 105 Å². The molecule has 13 rings (SSSR count). The molecular formula is C62H44N2. The molecule has 2 heteroatoms. The first-order valence-electron chi connectivity index (χ1n) is 22.5. The second-order valence-corrected chi connectivity index (χ2v) is 17.4. The summed E-state index contributed by atoms with van der Waals surface area (Å²) in [4.78, 5) is 2.63. The Bertz CT molecular complexity index is 3490. The number of nitrogens with zero attached hydrogens (tertiary/aromatic N) is 2. The first-order chi connectivity index (χ1) is 31.8. The number of allylic oxidation sites excluding steroid dienone is 2. The molecule has 3 aliphatic carbocycles. The van der Waals surface area contributed by atoms with Crippen molar-refractivity contribution < 1.29 is 0 Å². The van der Waals surface area contributed by atoms with Crippen LogP contribution < -0.4 is 4.90 Å². The van der Waals surface area contributed by atoms with Gasteiger partial charge in [-0.25, -0.2) is 0 Å². The van der Waals surface area contributed by atoms with Crippen molar-refractivity contribution in [2.24, 2.45) is 0 Å². The summed E-state index contributed by atoms with van der Waals surface area (Å²) in [6.07, 6.45) is 10.0. The summed E-state index contributed by atoms with van der Waals surface area (Å²) >= 11 is 0. The van der Waals surface area contributed by atoms with Crippen LogP contribution in [0.25, 0.3) is 38.6 Å². The zero-order chi connectivity index (χ0) is 42.2. The van der Waals surface area contributed by atoms with Crippen LogP contribution in [0.2, 0.25) is 0 Å². The maximum atomic E-state index is 2.63. The van der Waals surface area contributed by atoms with Crippen molar-refractivity contribution in [3.05, 3.63) is 293 Å². The van der Waals surface area contributed by atoms with Crippen LogP contribution in [-0.4, -0.2) is 10.6 Å². The van der Waals surface area contributed by atoms with E-state index in [2.05, 4.69) is 258 Å². The number of benzene rings is 9. The number of anilines is 2. The smallest absolute Gasteiger partial charge is 0.0728 e.